The molecule has 0 aliphatic rings. The van der Waals surface area contributed by atoms with Gasteiger partial charge in [0.15, 0.2) is 0 Å². The molecule has 33 heavy (non-hydrogen) atoms. The number of aromatic amines is 1. The summed E-state index contributed by atoms with van der Waals surface area (Å²) in [6.07, 6.45) is 1.41. The average Bonchev–Trinajstić information content (AvgIpc) is 2.83. The van der Waals surface area contributed by atoms with E-state index in [1.54, 1.807) is 42.5 Å². The quantitative estimate of drug-likeness (QED) is 0.381. The zero-order chi connectivity index (χ0) is 22.8. The van der Waals surface area contributed by atoms with Crippen LogP contribution in [0.15, 0.2) is 99.6 Å². The highest BCUT2D eigenvalue weighted by molar-refractivity contribution is 6.32. The highest BCUT2D eigenvalue weighted by Gasteiger charge is 2.07. The van der Waals surface area contributed by atoms with Crippen molar-refractivity contribution in [1.29, 1.82) is 0 Å². The normalized spacial score (nSPS) is 11.4. The Morgan fingerprint density at radius 2 is 1.67 bits per heavy atom. The van der Waals surface area contributed by atoms with Gasteiger partial charge in [0.1, 0.15) is 12.4 Å². The van der Waals surface area contributed by atoms with E-state index in [1.165, 1.54) is 6.21 Å². The molecule has 7 heteroatoms. The summed E-state index contributed by atoms with van der Waals surface area (Å²) >= 11 is 6.41. The molecule has 0 aliphatic carbocycles. The number of ether oxygens (including phenoxy) is 1. The van der Waals surface area contributed by atoms with E-state index in [2.05, 4.69) is 28.3 Å². The van der Waals surface area contributed by atoms with Gasteiger partial charge in [-0.1, -0.05) is 66.2 Å². The van der Waals surface area contributed by atoms with Crippen molar-refractivity contribution in [2.45, 2.75) is 6.61 Å². The fourth-order valence-corrected chi connectivity index (χ4v) is 3.91. The minimum Gasteiger partial charge on any atom is -0.487 e. The molecule has 1 heterocycles. The predicted molar refractivity (Wildman–Crippen MR) is 132 cm³/mol. The van der Waals surface area contributed by atoms with E-state index in [-0.39, 0.29) is 0 Å². The number of para-hydroxylation sites is 1. The largest absolute Gasteiger partial charge is 0.487 e. The summed E-state index contributed by atoms with van der Waals surface area (Å²) in [4.78, 5) is 27.5. The van der Waals surface area contributed by atoms with Crippen molar-refractivity contribution in [3.63, 3.8) is 0 Å². The van der Waals surface area contributed by atoms with Gasteiger partial charge in [-0.3, -0.25) is 4.79 Å². The Morgan fingerprint density at radius 1 is 0.909 bits per heavy atom. The van der Waals surface area contributed by atoms with Crippen molar-refractivity contribution in [1.82, 2.24) is 9.66 Å². The number of benzene rings is 4. The van der Waals surface area contributed by atoms with Gasteiger partial charge in [-0.25, -0.2) is 4.79 Å². The molecule has 162 valence electrons. The third-order valence-corrected chi connectivity index (χ3v) is 5.62. The van der Waals surface area contributed by atoms with Crippen LogP contribution in [0.4, 0.5) is 0 Å². The molecule has 0 saturated heterocycles. The van der Waals surface area contributed by atoms with Gasteiger partial charge in [0.05, 0.1) is 22.1 Å². The standard InChI is InChI=1S/C26H18ClN3O3/c27-22-14-17(15-28-30-25(31)21-10-3-4-11-23(21)29-26(30)32)12-13-24(22)33-16-19-8-5-7-18-6-1-2-9-20(18)19/h1-15H,16H2,(H,29,32). The van der Waals surface area contributed by atoms with Gasteiger partial charge in [-0.05, 0) is 52.2 Å². The molecule has 6 nitrogen and oxygen atoms in total. The van der Waals surface area contributed by atoms with Gasteiger partial charge in [-0.2, -0.15) is 5.10 Å². The molecule has 0 atom stereocenters. The highest BCUT2D eigenvalue weighted by Crippen LogP contribution is 2.27. The molecule has 0 fully saturated rings. The van der Waals surface area contributed by atoms with Crippen LogP contribution in [0.3, 0.4) is 0 Å². The minimum atomic E-state index is -0.615. The number of nitrogens with zero attached hydrogens (tertiary/aromatic N) is 2. The molecule has 0 bridgehead atoms. The van der Waals surface area contributed by atoms with Crippen molar-refractivity contribution < 1.29 is 4.74 Å². The molecule has 4 aromatic carbocycles. The van der Waals surface area contributed by atoms with Crippen molar-refractivity contribution in [3.05, 3.63) is 122 Å². The van der Waals surface area contributed by atoms with Crippen molar-refractivity contribution >= 4 is 39.5 Å². The van der Waals surface area contributed by atoms with Crippen LogP contribution >= 0.6 is 11.6 Å². The second kappa shape index (κ2) is 8.76. The molecule has 5 aromatic rings. The zero-order valence-electron chi connectivity index (χ0n) is 17.4. The fourth-order valence-electron chi connectivity index (χ4n) is 3.67. The molecular formula is C26H18ClN3O3. The molecule has 5 rings (SSSR count). The zero-order valence-corrected chi connectivity index (χ0v) is 18.1. The van der Waals surface area contributed by atoms with E-state index >= 15 is 0 Å². The summed E-state index contributed by atoms with van der Waals surface area (Å²) in [5.41, 5.74) is 1.04. The summed E-state index contributed by atoms with van der Waals surface area (Å²) in [5.74, 6) is 0.530. The van der Waals surface area contributed by atoms with Crippen LogP contribution in [0.5, 0.6) is 5.75 Å². The highest BCUT2D eigenvalue weighted by atomic mass is 35.5. The summed E-state index contributed by atoms with van der Waals surface area (Å²) in [7, 11) is 0. The van der Waals surface area contributed by atoms with Crippen molar-refractivity contribution in [2.75, 3.05) is 0 Å². The molecular weight excluding hydrogens is 438 g/mol. The molecule has 0 unspecified atom stereocenters. The number of H-pyrrole nitrogens is 1. The van der Waals surface area contributed by atoms with Crippen molar-refractivity contribution in [3.8, 4) is 5.75 Å². The van der Waals surface area contributed by atoms with Crippen LogP contribution in [-0.2, 0) is 6.61 Å². The van der Waals surface area contributed by atoms with E-state index < -0.39 is 11.2 Å². The smallest absolute Gasteiger partial charge is 0.349 e. The number of fused-ring (bicyclic) bond motifs is 2. The van der Waals surface area contributed by atoms with E-state index in [1.807, 2.05) is 24.3 Å². The molecule has 0 aliphatic heterocycles. The predicted octanol–water partition coefficient (Wildman–Crippen LogP) is 4.96. The Hall–Kier alpha value is -4.16. The van der Waals surface area contributed by atoms with Crippen LogP contribution in [0.1, 0.15) is 11.1 Å². The molecule has 1 N–H and O–H groups in total. The number of hydrogen-bond acceptors (Lipinski definition) is 4. The van der Waals surface area contributed by atoms with Crippen LogP contribution in [0, 0.1) is 0 Å². The van der Waals surface area contributed by atoms with Crippen LogP contribution < -0.4 is 16.0 Å². The molecule has 0 saturated carbocycles. The molecule has 0 spiro atoms. The number of rotatable bonds is 5. The van der Waals surface area contributed by atoms with Crippen molar-refractivity contribution in [2.24, 2.45) is 5.10 Å². The first-order chi connectivity index (χ1) is 16.1. The number of hydrogen-bond donors (Lipinski definition) is 1. The Bertz CT molecular complexity index is 1630. The minimum absolute atomic E-state index is 0.371. The Balaban J connectivity index is 1.37. The van der Waals surface area contributed by atoms with Gasteiger partial charge in [-0.15, -0.1) is 4.68 Å². The van der Waals surface area contributed by atoms with E-state index in [4.69, 9.17) is 16.3 Å². The third-order valence-electron chi connectivity index (χ3n) is 5.33. The molecule has 1 aromatic heterocycles. The van der Waals surface area contributed by atoms with Gasteiger partial charge in [0.2, 0.25) is 0 Å². The lowest BCUT2D eigenvalue weighted by Crippen LogP contribution is -2.32. The third kappa shape index (κ3) is 4.16. The maximum absolute atomic E-state index is 12.6. The average molecular weight is 456 g/mol. The van der Waals surface area contributed by atoms with E-state index in [0.29, 0.717) is 33.8 Å². The Morgan fingerprint density at radius 3 is 2.52 bits per heavy atom. The SMILES string of the molecule is O=c1[nH]c2ccccc2c(=O)n1N=Cc1ccc(OCc2cccc3ccccc23)c(Cl)c1. The second-order valence-corrected chi connectivity index (χ2v) is 7.86. The van der Waals surface area contributed by atoms with E-state index in [9.17, 15) is 9.59 Å². The topological polar surface area (TPSA) is 76.5 Å². The molecule has 0 radical (unpaired) electrons. The first-order valence-electron chi connectivity index (χ1n) is 10.3. The van der Waals surface area contributed by atoms with Gasteiger partial charge in [0.25, 0.3) is 5.56 Å². The fraction of sp³-hybridized carbons (Fsp3) is 0.0385. The first-order valence-corrected chi connectivity index (χ1v) is 10.7. The molecule has 0 amide bonds. The maximum Gasteiger partial charge on any atom is 0.349 e. The second-order valence-electron chi connectivity index (χ2n) is 7.45. The lowest BCUT2D eigenvalue weighted by Gasteiger charge is -2.11. The lowest BCUT2D eigenvalue weighted by molar-refractivity contribution is 0.308. The monoisotopic (exact) mass is 455 g/mol. The summed E-state index contributed by atoms with van der Waals surface area (Å²) in [6.45, 7) is 0.371. The van der Waals surface area contributed by atoms with Crippen LogP contribution in [-0.4, -0.2) is 15.9 Å². The summed E-state index contributed by atoms with van der Waals surface area (Å²) in [6, 6.07) is 26.2. The summed E-state index contributed by atoms with van der Waals surface area (Å²) < 4.78 is 6.74. The number of nitrogens with one attached hydrogen (secondary N) is 1. The number of halogens is 1. The first kappa shape index (κ1) is 20.7. The maximum atomic E-state index is 12.6. The van der Waals surface area contributed by atoms with E-state index in [0.717, 1.165) is 21.0 Å². The number of aromatic nitrogens is 2. The van der Waals surface area contributed by atoms with Gasteiger partial charge >= 0.3 is 5.69 Å². The van der Waals surface area contributed by atoms with Gasteiger partial charge in [0, 0.05) is 0 Å². The van der Waals surface area contributed by atoms with Crippen LogP contribution in [0.25, 0.3) is 21.7 Å². The van der Waals surface area contributed by atoms with Gasteiger partial charge < -0.3 is 9.72 Å². The van der Waals surface area contributed by atoms with Crippen LogP contribution in [0.2, 0.25) is 5.02 Å². The lowest BCUT2D eigenvalue weighted by atomic mass is 10.1. The Kier molecular flexibility index (Phi) is 5.50. The Labute approximate surface area is 193 Å². The summed E-state index contributed by atoms with van der Waals surface area (Å²) in [5, 5.41) is 7.12.